The van der Waals surface area contributed by atoms with E-state index < -0.39 is 17.7 Å². The molecule has 3 aromatic rings. The summed E-state index contributed by atoms with van der Waals surface area (Å²) in [7, 11) is 1.43. The molecule has 1 aliphatic rings. The fourth-order valence-corrected chi connectivity index (χ4v) is 4.76. The number of halogens is 2. The third-order valence-electron chi connectivity index (χ3n) is 5.87. The Labute approximate surface area is 208 Å². The summed E-state index contributed by atoms with van der Waals surface area (Å²) in [5.41, 5.74) is 2.53. The number of nitrogens with zero attached hydrogens (tertiary/aromatic N) is 1. The lowest BCUT2D eigenvalue weighted by molar-refractivity contribution is -0.132. The lowest BCUT2D eigenvalue weighted by atomic mass is 9.95. The molecule has 0 aliphatic carbocycles. The van der Waals surface area contributed by atoms with Gasteiger partial charge in [-0.05, 0) is 41.3 Å². The third-order valence-corrected chi connectivity index (χ3v) is 6.44. The molecule has 0 bridgehead atoms. The molecule has 174 valence electrons. The Morgan fingerprint density at radius 2 is 1.56 bits per heavy atom. The molecule has 0 spiro atoms. The molecular formula is C27H23Cl2NO4. The predicted octanol–water partition coefficient (Wildman–Crippen LogP) is 6.75. The summed E-state index contributed by atoms with van der Waals surface area (Å²) in [6.45, 7) is 4.16. The molecule has 1 N–H and O–H groups in total. The number of hydrogen-bond acceptors (Lipinski definition) is 4. The number of ether oxygens (including phenoxy) is 1. The first-order chi connectivity index (χ1) is 16.2. The van der Waals surface area contributed by atoms with Gasteiger partial charge in [0.25, 0.3) is 11.7 Å². The highest BCUT2D eigenvalue weighted by atomic mass is 35.5. The quantitative estimate of drug-likeness (QED) is 0.241. The number of aliphatic hydroxyl groups excluding tert-OH is 1. The smallest absolute Gasteiger partial charge is 0.300 e. The van der Waals surface area contributed by atoms with Gasteiger partial charge in [0.1, 0.15) is 5.76 Å². The monoisotopic (exact) mass is 495 g/mol. The lowest BCUT2D eigenvalue weighted by Gasteiger charge is -2.26. The molecule has 1 saturated heterocycles. The van der Waals surface area contributed by atoms with Gasteiger partial charge in [-0.15, -0.1) is 0 Å². The largest absolute Gasteiger partial charge is 0.507 e. The van der Waals surface area contributed by atoms with Gasteiger partial charge in [-0.1, -0.05) is 79.5 Å². The van der Waals surface area contributed by atoms with Crippen molar-refractivity contribution in [2.24, 2.45) is 0 Å². The average Bonchev–Trinajstić information content (AvgIpc) is 3.09. The zero-order valence-corrected chi connectivity index (χ0v) is 20.4. The van der Waals surface area contributed by atoms with Crippen molar-refractivity contribution < 1.29 is 19.4 Å². The fraction of sp³-hybridized carbons (Fsp3) is 0.185. The van der Waals surface area contributed by atoms with E-state index in [1.54, 1.807) is 0 Å². The Morgan fingerprint density at radius 3 is 2.09 bits per heavy atom. The van der Waals surface area contributed by atoms with Crippen LogP contribution in [0.3, 0.4) is 0 Å². The topological polar surface area (TPSA) is 66.8 Å². The van der Waals surface area contributed by atoms with Crippen molar-refractivity contribution in [3.8, 4) is 5.75 Å². The van der Waals surface area contributed by atoms with Crippen molar-refractivity contribution >= 4 is 46.3 Å². The minimum atomic E-state index is -0.828. The molecular weight excluding hydrogens is 473 g/mol. The molecule has 34 heavy (non-hydrogen) atoms. The van der Waals surface area contributed by atoms with Crippen molar-refractivity contribution in [3.05, 3.63) is 99.0 Å². The number of anilines is 1. The molecule has 1 unspecified atom stereocenters. The Morgan fingerprint density at radius 1 is 0.971 bits per heavy atom. The van der Waals surface area contributed by atoms with Crippen LogP contribution in [0, 0.1) is 0 Å². The number of rotatable bonds is 5. The second-order valence-corrected chi connectivity index (χ2v) is 9.11. The number of amides is 1. The minimum Gasteiger partial charge on any atom is -0.507 e. The molecule has 1 fully saturated rings. The van der Waals surface area contributed by atoms with E-state index in [9.17, 15) is 14.7 Å². The van der Waals surface area contributed by atoms with Crippen LogP contribution < -0.4 is 9.64 Å². The van der Waals surface area contributed by atoms with Crippen molar-refractivity contribution in [2.75, 3.05) is 12.0 Å². The maximum Gasteiger partial charge on any atom is 0.300 e. The maximum atomic E-state index is 13.3. The number of carbonyl (C=O) groups is 2. The highest BCUT2D eigenvalue weighted by Crippen LogP contribution is 2.43. The van der Waals surface area contributed by atoms with Crippen LogP contribution in [-0.2, 0) is 9.59 Å². The molecule has 1 atom stereocenters. The summed E-state index contributed by atoms with van der Waals surface area (Å²) in [5, 5.41) is 11.6. The second kappa shape index (κ2) is 9.53. The van der Waals surface area contributed by atoms with E-state index in [0.717, 1.165) is 5.56 Å². The van der Waals surface area contributed by atoms with E-state index in [2.05, 4.69) is 13.8 Å². The van der Waals surface area contributed by atoms with E-state index >= 15 is 0 Å². The van der Waals surface area contributed by atoms with Crippen LogP contribution >= 0.6 is 23.2 Å². The van der Waals surface area contributed by atoms with Gasteiger partial charge < -0.3 is 9.84 Å². The van der Waals surface area contributed by atoms with E-state index in [-0.39, 0.29) is 32.7 Å². The van der Waals surface area contributed by atoms with Gasteiger partial charge in [-0.3, -0.25) is 14.5 Å². The predicted molar refractivity (Wildman–Crippen MR) is 135 cm³/mol. The van der Waals surface area contributed by atoms with Crippen LogP contribution in [0.1, 0.15) is 42.5 Å². The maximum absolute atomic E-state index is 13.3. The summed E-state index contributed by atoms with van der Waals surface area (Å²) in [4.78, 5) is 27.9. The van der Waals surface area contributed by atoms with E-state index in [1.165, 1.54) is 24.1 Å². The van der Waals surface area contributed by atoms with Crippen molar-refractivity contribution in [1.82, 2.24) is 0 Å². The van der Waals surface area contributed by atoms with Crippen molar-refractivity contribution in [2.45, 2.75) is 25.8 Å². The Bertz CT molecular complexity index is 1260. The molecule has 3 aromatic carbocycles. The number of ketones is 1. The van der Waals surface area contributed by atoms with Crippen LogP contribution in [0.4, 0.5) is 5.69 Å². The molecule has 7 heteroatoms. The zero-order valence-electron chi connectivity index (χ0n) is 18.9. The van der Waals surface area contributed by atoms with Gasteiger partial charge in [0, 0.05) is 11.3 Å². The number of benzene rings is 3. The van der Waals surface area contributed by atoms with Crippen LogP contribution in [0.15, 0.2) is 72.3 Å². The molecule has 0 radical (unpaired) electrons. The Kier molecular flexibility index (Phi) is 6.69. The summed E-state index contributed by atoms with van der Waals surface area (Å²) in [5.74, 6) is -1.30. The summed E-state index contributed by atoms with van der Waals surface area (Å²) in [6.07, 6.45) is 0. The first-order valence-electron chi connectivity index (χ1n) is 10.7. The van der Waals surface area contributed by atoms with Crippen LogP contribution in [0.5, 0.6) is 5.75 Å². The summed E-state index contributed by atoms with van der Waals surface area (Å²) < 4.78 is 5.17. The van der Waals surface area contributed by atoms with Crippen LogP contribution in [-0.4, -0.2) is 23.9 Å². The Balaban J connectivity index is 1.91. The van der Waals surface area contributed by atoms with Gasteiger partial charge >= 0.3 is 0 Å². The van der Waals surface area contributed by atoms with Gasteiger partial charge in [0.2, 0.25) is 0 Å². The number of methoxy groups -OCH3 is 1. The van der Waals surface area contributed by atoms with E-state index in [4.69, 9.17) is 27.9 Å². The second-order valence-electron chi connectivity index (χ2n) is 8.30. The summed E-state index contributed by atoms with van der Waals surface area (Å²) in [6, 6.07) is 18.7. The average molecular weight is 496 g/mol. The normalized spacial score (nSPS) is 17.5. The van der Waals surface area contributed by atoms with Crippen LogP contribution in [0.25, 0.3) is 5.76 Å². The lowest BCUT2D eigenvalue weighted by Crippen LogP contribution is -2.29. The fourth-order valence-electron chi connectivity index (χ4n) is 4.12. The molecule has 5 nitrogen and oxygen atoms in total. The highest BCUT2D eigenvalue weighted by Gasteiger charge is 2.47. The molecule has 1 heterocycles. The highest BCUT2D eigenvalue weighted by molar-refractivity contribution is 6.51. The number of Topliss-reactive ketones (excluding diaryl/α,β-unsaturated/α-hetero) is 1. The standard InChI is InChI=1S/C27H23Cl2NO4/c1-15(2)16-9-11-19(12-10-16)30-23(17-7-5-4-6-8-17)22(25(32)27(30)33)24(31)18-13-20(28)26(34-3)21(29)14-18/h4-15,23,31H,1-3H3/b24-22+. The molecule has 1 amide bonds. The van der Waals surface area contributed by atoms with Crippen molar-refractivity contribution in [3.63, 3.8) is 0 Å². The van der Waals surface area contributed by atoms with Crippen LogP contribution in [0.2, 0.25) is 10.0 Å². The molecule has 0 aromatic heterocycles. The van der Waals surface area contributed by atoms with E-state index in [0.29, 0.717) is 17.2 Å². The minimum absolute atomic E-state index is 0.0403. The van der Waals surface area contributed by atoms with E-state index in [1.807, 2.05) is 54.6 Å². The number of hydrogen-bond donors (Lipinski definition) is 1. The van der Waals surface area contributed by atoms with Gasteiger partial charge in [0.15, 0.2) is 5.75 Å². The molecule has 1 aliphatic heterocycles. The summed E-state index contributed by atoms with van der Waals surface area (Å²) >= 11 is 12.5. The first-order valence-corrected chi connectivity index (χ1v) is 11.5. The zero-order chi connectivity index (χ0) is 24.6. The van der Waals surface area contributed by atoms with Gasteiger partial charge in [-0.25, -0.2) is 0 Å². The van der Waals surface area contributed by atoms with Crippen molar-refractivity contribution in [1.29, 1.82) is 0 Å². The van der Waals surface area contributed by atoms with Gasteiger partial charge in [0.05, 0.1) is 28.8 Å². The number of carbonyl (C=O) groups excluding carboxylic acids is 2. The van der Waals surface area contributed by atoms with Gasteiger partial charge in [-0.2, -0.15) is 0 Å². The molecule has 4 rings (SSSR count). The first kappa shape index (κ1) is 23.9. The Hall–Kier alpha value is -3.28. The SMILES string of the molecule is COc1c(Cl)cc(/C(O)=C2\C(=O)C(=O)N(c3ccc(C(C)C)cc3)C2c2ccccc2)cc1Cl. The molecule has 0 saturated carbocycles. The number of aliphatic hydroxyl groups is 1. The third kappa shape index (κ3) is 4.17.